The van der Waals surface area contributed by atoms with Crippen molar-refractivity contribution in [2.24, 2.45) is 0 Å². The van der Waals surface area contributed by atoms with Crippen LogP contribution in [0.5, 0.6) is 0 Å². The second-order valence-corrected chi connectivity index (χ2v) is 3.32. The number of hydrogen-bond acceptors (Lipinski definition) is 4. The largest absolute Gasteiger partial charge is 0.505 e. The van der Waals surface area contributed by atoms with Crippen LogP contribution in [0.25, 0.3) is 0 Å². The van der Waals surface area contributed by atoms with Crippen molar-refractivity contribution in [2.45, 2.75) is 12.5 Å². The highest BCUT2D eigenvalue weighted by Gasteiger charge is 2.34. The van der Waals surface area contributed by atoms with Crippen LogP contribution in [0.1, 0.15) is 5.56 Å². The molecule has 4 nitrogen and oxygen atoms in total. The maximum Gasteiger partial charge on any atom is 0.377 e. The molecule has 0 radical (unpaired) electrons. The Labute approximate surface area is 86.4 Å². The Morgan fingerprint density at radius 3 is 2.40 bits per heavy atom. The first-order valence-corrected chi connectivity index (χ1v) is 4.55. The van der Waals surface area contributed by atoms with Crippen LogP contribution in [-0.4, -0.2) is 22.3 Å². The number of esters is 1. The molecule has 1 heterocycles. The standard InChI is InChI=1S/C11H10O4/c12-9-8(15-11(14)10(9)13)6-7-4-2-1-3-5-7/h1-5,8,12-13H,6H2/t8-/m1/s1. The monoisotopic (exact) mass is 206 g/mol. The van der Waals surface area contributed by atoms with Crippen molar-refractivity contribution < 1.29 is 19.7 Å². The summed E-state index contributed by atoms with van der Waals surface area (Å²) >= 11 is 0. The molecule has 2 N–H and O–H groups in total. The van der Waals surface area contributed by atoms with E-state index in [1.165, 1.54) is 0 Å². The molecule has 0 saturated heterocycles. The first-order chi connectivity index (χ1) is 7.18. The Hall–Kier alpha value is -1.97. The lowest BCUT2D eigenvalue weighted by Gasteiger charge is -2.09. The highest BCUT2D eigenvalue weighted by molar-refractivity contribution is 5.89. The van der Waals surface area contributed by atoms with Gasteiger partial charge in [0.05, 0.1) is 0 Å². The third kappa shape index (κ3) is 1.79. The zero-order valence-electron chi connectivity index (χ0n) is 7.88. The summed E-state index contributed by atoms with van der Waals surface area (Å²) in [5.74, 6) is -1.94. The van der Waals surface area contributed by atoms with Crippen LogP contribution in [0.3, 0.4) is 0 Å². The summed E-state index contributed by atoms with van der Waals surface area (Å²) in [6.45, 7) is 0. The second kappa shape index (κ2) is 3.65. The number of carbonyl (C=O) groups is 1. The van der Waals surface area contributed by atoms with Gasteiger partial charge in [0.1, 0.15) is 0 Å². The van der Waals surface area contributed by atoms with Gasteiger partial charge in [0.15, 0.2) is 11.9 Å². The Morgan fingerprint density at radius 2 is 1.87 bits per heavy atom. The molecule has 0 spiro atoms. The fourth-order valence-corrected chi connectivity index (χ4v) is 1.46. The van der Waals surface area contributed by atoms with Gasteiger partial charge in [-0.3, -0.25) is 0 Å². The number of rotatable bonds is 2. The molecular weight excluding hydrogens is 196 g/mol. The number of aliphatic hydroxyl groups is 2. The molecule has 0 aromatic heterocycles. The molecule has 1 atom stereocenters. The molecule has 15 heavy (non-hydrogen) atoms. The molecular formula is C11H10O4. The van der Waals surface area contributed by atoms with E-state index < -0.39 is 17.8 Å². The van der Waals surface area contributed by atoms with Gasteiger partial charge in [-0.15, -0.1) is 0 Å². The van der Waals surface area contributed by atoms with Gasteiger partial charge in [0.25, 0.3) is 0 Å². The predicted molar refractivity (Wildman–Crippen MR) is 52.3 cm³/mol. The van der Waals surface area contributed by atoms with Gasteiger partial charge in [-0.2, -0.15) is 0 Å². The number of aliphatic hydroxyl groups excluding tert-OH is 2. The summed E-state index contributed by atoms with van der Waals surface area (Å²) in [5, 5.41) is 18.4. The molecule has 0 fully saturated rings. The lowest BCUT2D eigenvalue weighted by molar-refractivity contribution is -0.142. The topological polar surface area (TPSA) is 66.8 Å². The summed E-state index contributed by atoms with van der Waals surface area (Å²) in [7, 11) is 0. The lowest BCUT2D eigenvalue weighted by atomic mass is 10.1. The smallest absolute Gasteiger partial charge is 0.377 e. The maximum absolute atomic E-state index is 10.9. The van der Waals surface area contributed by atoms with Crippen molar-refractivity contribution in [2.75, 3.05) is 0 Å². The van der Waals surface area contributed by atoms with Crippen LogP contribution in [0.4, 0.5) is 0 Å². The third-order valence-electron chi connectivity index (χ3n) is 2.25. The predicted octanol–water partition coefficient (Wildman–Crippen LogP) is 1.48. The van der Waals surface area contributed by atoms with E-state index in [0.29, 0.717) is 6.42 Å². The highest BCUT2D eigenvalue weighted by Crippen LogP contribution is 2.21. The highest BCUT2D eigenvalue weighted by atomic mass is 16.6. The fraction of sp³-hybridized carbons (Fsp3) is 0.182. The minimum atomic E-state index is -0.867. The second-order valence-electron chi connectivity index (χ2n) is 3.32. The summed E-state index contributed by atoms with van der Waals surface area (Å²) in [4.78, 5) is 10.9. The van der Waals surface area contributed by atoms with Crippen LogP contribution in [0.2, 0.25) is 0 Å². The Balaban J connectivity index is 2.13. The van der Waals surface area contributed by atoms with E-state index >= 15 is 0 Å². The average Bonchev–Trinajstić information content (AvgIpc) is 2.48. The van der Waals surface area contributed by atoms with Gasteiger partial charge < -0.3 is 14.9 Å². The normalized spacial score (nSPS) is 20.5. The van der Waals surface area contributed by atoms with Crippen LogP contribution in [0, 0.1) is 0 Å². The van der Waals surface area contributed by atoms with E-state index in [2.05, 4.69) is 0 Å². The molecule has 0 saturated carbocycles. The van der Waals surface area contributed by atoms with Crippen LogP contribution in [0.15, 0.2) is 41.9 Å². The quantitative estimate of drug-likeness (QED) is 0.719. The van der Waals surface area contributed by atoms with Gasteiger partial charge in [-0.25, -0.2) is 4.79 Å². The van der Waals surface area contributed by atoms with Gasteiger partial charge in [-0.1, -0.05) is 30.3 Å². The van der Waals surface area contributed by atoms with Crippen molar-refractivity contribution >= 4 is 5.97 Å². The van der Waals surface area contributed by atoms with Crippen molar-refractivity contribution in [1.82, 2.24) is 0 Å². The lowest BCUT2D eigenvalue weighted by Crippen LogP contribution is -2.14. The zero-order chi connectivity index (χ0) is 10.8. The van der Waals surface area contributed by atoms with Crippen LogP contribution >= 0.6 is 0 Å². The van der Waals surface area contributed by atoms with Crippen LogP contribution < -0.4 is 0 Å². The average molecular weight is 206 g/mol. The Bertz CT molecular complexity index is 408. The summed E-state index contributed by atoms with van der Waals surface area (Å²) in [6, 6.07) is 9.30. The molecule has 1 aliphatic rings. The number of hydrogen-bond donors (Lipinski definition) is 2. The summed E-state index contributed by atoms with van der Waals surface area (Å²) < 4.78 is 4.78. The van der Waals surface area contributed by atoms with Gasteiger partial charge >= 0.3 is 5.97 Å². The molecule has 0 aliphatic carbocycles. The van der Waals surface area contributed by atoms with E-state index in [9.17, 15) is 9.90 Å². The molecule has 0 bridgehead atoms. The minimum absolute atomic E-state index is 0.364. The number of ether oxygens (including phenoxy) is 1. The number of cyclic esters (lactones) is 1. The zero-order valence-corrected chi connectivity index (χ0v) is 7.88. The molecule has 78 valence electrons. The molecule has 4 heteroatoms. The third-order valence-corrected chi connectivity index (χ3v) is 2.25. The van der Waals surface area contributed by atoms with Gasteiger partial charge in [0, 0.05) is 6.42 Å². The van der Waals surface area contributed by atoms with Crippen molar-refractivity contribution in [3.05, 3.63) is 47.4 Å². The molecule has 0 amide bonds. The first-order valence-electron chi connectivity index (χ1n) is 4.55. The Kier molecular flexibility index (Phi) is 2.33. The van der Waals surface area contributed by atoms with Crippen LogP contribution in [-0.2, 0) is 16.0 Å². The SMILES string of the molecule is O=C1O[C@H](Cc2ccccc2)C(O)=C1O. The van der Waals surface area contributed by atoms with Crippen molar-refractivity contribution in [3.8, 4) is 0 Å². The first kappa shape index (κ1) is 9.58. The van der Waals surface area contributed by atoms with Crippen molar-refractivity contribution in [1.29, 1.82) is 0 Å². The molecule has 2 rings (SSSR count). The number of carbonyl (C=O) groups excluding carboxylic acids is 1. The molecule has 1 aromatic carbocycles. The van der Waals surface area contributed by atoms with Gasteiger partial charge in [0.2, 0.25) is 5.76 Å². The van der Waals surface area contributed by atoms with E-state index in [0.717, 1.165) is 5.56 Å². The maximum atomic E-state index is 10.9. The Morgan fingerprint density at radius 1 is 1.20 bits per heavy atom. The van der Waals surface area contributed by atoms with Gasteiger partial charge in [-0.05, 0) is 5.56 Å². The van der Waals surface area contributed by atoms with E-state index in [1.807, 2.05) is 30.3 Å². The number of benzene rings is 1. The molecule has 1 aliphatic heterocycles. The van der Waals surface area contributed by atoms with E-state index in [-0.39, 0.29) is 5.76 Å². The van der Waals surface area contributed by atoms with E-state index in [4.69, 9.17) is 9.84 Å². The molecule has 1 aromatic rings. The minimum Gasteiger partial charge on any atom is -0.505 e. The fourth-order valence-electron chi connectivity index (χ4n) is 1.46. The summed E-state index contributed by atoms with van der Waals surface area (Å²) in [5.41, 5.74) is 0.927. The van der Waals surface area contributed by atoms with Crippen molar-refractivity contribution in [3.63, 3.8) is 0 Å². The molecule has 0 unspecified atom stereocenters. The van der Waals surface area contributed by atoms with E-state index in [1.54, 1.807) is 0 Å². The summed E-state index contributed by atoms with van der Waals surface area (Å²) in [6.07, 6.45) is -0.400.